The molecule has 1 aromatic rings. The van der Waals surface area contributed by atoms with Crippen molar-refractivity contribution < 1.29 is 4.74 Å². The van der Waals surface area contributed by atoms with Gasteiger partial charge in [0.2, 0.25) is 0 Å². The van der Waals surface area contributed by atoms with E-state index in [0.29, 0.717) is 4.20 Å². The average molecular weight is 297 g/mol. The molecule has 96 valence electrons. The number of para-hydroxylation sites is 1. The number of rotatable bonds is 2. The zero-order valence-corrected chi connectivity index (χ0v) is 13.0. The van der Waals surface area contributed by atoms with E-state index in [0.717, 1.165) is 27.5 Å². The second-order valence-electron chi connectivity index (χ2n) is 4.66. The Bertz CT molecular complexity index is 549. The molecule has 5 heteroatoms. The maximum absolute atomic E-state index is 5.39. The maximum atomic E-state index is 5.39. The van der Waals surface area contributed by atoms with Crippen molar-refractivity contribution in [2.75, 3.05) is 12.4 Å². The van der Waals surface area contributed by atoms with Crippen LogP contribution in [0, 0.1) is 0 Å². The Hall–Kier alpha value is -0.650. The molecule has 0 aromatic heterocycles. The van der Waals surface area contributed by atoms with Crippen LogP contribution in [0.3, 0.4) is 0 Å². The molecule has 1 aliphatic rings. The number of hydrogen-bond acceptors (Lipinski definition) is 4. The van der Waals surface area contributed by atoms with Gasteiger partial charge >= 0.3 is 0 Å². The van der Waals surface area contributed by atoms with Gasteiger partial charge in [-0.1, -0.05) is 24.4 Å². The van der Waals surface area contributed by atoms with Gasteiger partial charge in [-0.25, -0.2) is 0 Å². The van der Waals surface area contributed by atoms with Gasteiger partial charge in [0.25, 0.3) is 0 Å². The lowest BCUT2D eigenvalue weighted by Gasteiger charge is -2.36. The van der Waals surface area contributed by atoms with Crippen LogP contribution in [0.25, 0.3) is 5.57 Å². The molecule has 0 radical (unpaired) electrons. The zero-order valence-electron chi connectivity index (χ0n) is 10.4. The minimum absolute atomic E-state index is 0.299. The molecule has 0 unspecified atom stereocenters. The molecule has 0 saturated carbocycles. The van der Waals surface area contributed by atoms with Crippen LogP contribution in [0.1, 0.15) is 19.4 Å². The van der Waals surface area contributed by atoms with Gasteiger partial charge in [-0.3, -0.25) is 0 Å². The molecule has 1 aliphatic heterocycles. The van der Waals surface area contributed by atoms with Gasteiger partial charge in [-0.15, -0.1) is 25.3 Å². The average Bonchev–Trinajstić information content (AvgIpc) is 2.29. The van der Waals surface area contributed by atoms with Crippen LogP contribution in [0.4, 0.5) is 5.69 Å². The smallest absolute Gasteiger partial charge is 0.142 e. The SMILES string of the molecule is COc1cccc2c1NC(C)(C)C(S)=C2C(=S)S. The van der Waals surface area contributed by atoms with E-state index in [1.807, 2.05) is 18.2 Å². The van der Waals surface area contributed by atoms with E-state index in [1.165, 1.54) is 0 Å². The summed E-state index contributed by atoms with van der Waals surface area (Å²) in [6.07, 6.45) is 0. The Morgan fingerprint density at radius 2 is 2.06 bits per heavy atom. The van der Waals surface area contributed by atoms with Gasteiger partial charge in [0, 0.05) is 16.0 Å². The van der Waals surface area contributed by atoms with Gasteiger partial charge in [0.1, 0.15) is 5.75 Å². The van der Waals surface area contributed by atoms with Crippen molar-refractivity contribution in [1.29, 1.82) is 0 Å². The van der Waals surface area contributed by atoms with E-state index >= 15 is 0 Å². The fraction of sp³-hybridized carbons (Fsp3) is 0.308. The van der Waals surface area contributed by atoms with E-state index < -0.39 is 0 Å². The summed E-state index contributed by atoms with van der Waals surface area (Å²) in [5.74, 6) is 0.795. The van der Waals surface area contributed by atoms with Crippen molar-refractivity contribution in [3.8, 4) is 5.75 Å². The first-order chi connectivity index (χ1) is 8.38. The predicted molar refractivity (Wildman–Crippen MR) is 88.2 cm³/mol. The highest BCUT2D eigenvalue weighted by molar-refractivity contribution is 8.12. The zero-order chi connectivity index (χ0) is 13.5. The van der Waals surface area contributed by atoms with Crippen LogP contribution in [-0.2, 0) is 0 Å². The molecule has 0 saturated heterocycles. The van der Waals surface area contributed by atoms with Crippen molar-refractivity contribution >= 4 is 52.9 Å². The summed E-state index contributed by atoms with van der Waals surface area (Å²) in [6.45, 7) is 4.10. The lowest BCUT2D eigenvalue weighted by Crippen LogP contribution is -2.36. The molecule has 0 aliphatic carbocycles. The van der Waals surface area contributed by atoms with Gasteiger partial charge in [0.05, 0.1) is 22.5 Å². The lowest BCUT2D eigenvalue weighted by molar-refractivity contribution is 0.415. The maximum Gasteiger partial charge on any atom is 0.142 e. The van der Waals surface area contributed by atoms with Crippen molar-refractivity contribution in [3.05, 3.63) is 28.7 Å². The van der Waals surface area contributed by atoms with Gasteiger partial charge < -0.3 is 10.1 Å². The Balaban J connectivity index is 2.76. The first-order valence-electron chi connectivity index (χ1n) is 5.51. The van der Waals surface area contributed by atoms with Crippen LogP contribution >= 0.6 is 37.5 Å². The second kappa shape index (κ2) is 4.79. The number of fused-ring (bicyclic) bond motifs is 1. The van der Waals surface area contributed by atoms with Crippen LogP contribution in [0.5, 0.6) is 5.75 Å². The monoisotopic (exact) mass is 297 g/mol. The fourth-order valence-corrected chi connectivity index (χ4v) is 2.96. The number of thiol groups is 2. The van der Waals surface area contributed by atoms with E-state index in [2.05, 4.69) is 44.4 Å². The summed E-state index contributed by atoms with van der Waals surface area (Å²) in [4.78, 5) is 0.892. The first kappa shape index (κ1) is 13.8. The first-order valence-corrected chi connectivity index (χ1v) is 6.81. The Morgan fingerprint density at radius 1 is 1.39 bits per heavy atom. The minimum Gasteiger partial charge on any atom is -0.495 e. The molecule has 1 aromatic carbocycles. The van der Waals surface area contributed by atoms with Crippen LogP contribution in [0.15, 0.2) is 23.1 Å². The van der Waals surface area contributed by atoms with Gasteiger partial charge in [0.15, 0.2) is 0 Å². The van der Waals surface area contributed by atoms with Crippen LogP contribution in [-0.4, -0.2) is 16.8 Å². The Morgan fingerprint density at radius 3 is 2.61 bits per heavy atom. The summed E-state index contributed by atoms with van der Waals surface area (Å²) in [7, 11) is 1.66. The molecule has 0 spiro atoms. The number of benzene rings is 1. The number of anilines is 1. The van der Waals surface area contributed by atoms with Gasteiger partial charge in [-0.2, -0.15) is 0 Å². The van der Waals surface area contributed by atoms with Crippen LogP contribution in [0.2, 0.25) is 0 Å². The van der Waals surface area contributed by atoms with Gasteiger partial charge in [-0.05, 0) is 19.9 Å². The molecule has 1 N–H and O–H groups in total. The summed E-state index contributed by atoms with van der Waals surface area (Å²) >= 11 is 14.2. The van der Waals surface area contributed by atoms with Crippen molar-refractivity contribution in [2.24, 2.45) is 0 Å². The summed E-state index contributed by atoms with van der Waals surface area (Å²) in [5, 5.41) is 3.44. The molecule has 0 atom stereocenters. The van der Waals surface area contributed by atoms with Crippen LogP contribution < -0.4 is 10.1 Å². The second-order valence-corrected chi connectivity index (χ2v) is 6.27. The van der Waals surface area contributed by atoms with E-state index in [-0.39, 0.29) is 5.54 Å². The number of thiocarbonyl (C=S) groups is 1. The third kappa shape index (κ3) is 2.15. The highest BCUT2D eigenvalue weighted by atomic mass is 32.1. The van der Waals surface area contributed by atoms with E-state index in [1.54, 1.807) is 7.11 Å². The Labute approximate surface area is 124 Å². The van der Waals surface area contributed by atoms with Crippen molar-refractivity contribution in [2.45, 2.75) is 19.4 Å². The number of methoxy groups -OCH3 is 1. The molecular formula is C13H15NOS3. The topological polar surface area (TPSA) is 21.3 Å². The molecule has 0 fully saturated rings. The molecule has 2 nitrogen and oxygen atoms in total. The summed E-state index contributed by atoms with van der Waals surface area (Å²) in [6, 6.07) is 5.85. The third-order valence-corrected chi connectivity index (χ3v) is 4.21. The number of ether oxygens (including phenoxy) is 1. The van der Waals surface area contributed by atoms with Crippen molar-refractivity contribution in [3.63, 3.8) is 0 Å². The normalized spacial score (nSPS) is 16.9. The Kier molecular flexibility index (Phi) is 3.67. The van der Waals surface area contributed by atoms with E-state index in [4.69, 9.17) is 17.0 Å². The summed E-state index contributed by atoms with van der Waals surface area (Å²) < 4.78 is 5.94. The molecule has 2 rings (SSSR count). The minimum atomic E-state index is -0.299. The largest absolute Gasteiger partial charge is 0.495 e. The fourth-order valence-electron chi connectivity index (χ4n) is 2.07. The number of nitrogens with one attached hydrogen (secondary N) is 1. The lowest BCUT2D eigenvalue weighted by atomic mass is 9.90. The standard InChI is InChI=1S/C13H15NOS3/c1-13(2)11(16)9(12(17)18)7-5-4-6-8(15-3)10(7)14-13/h4-6,14,16H,1-3H3,(H,17,18). The van der Waals surface area contributed by atoms with E-state index in [9.17, 15) is 0 Å². The predicted octanol–water partition coefficient (Wildman–Crippen LogP) is 3.80. The molecular weight excluding hydrogens is 282 g/mol. The third-order valence-electron chi connectivity index (χ3n) is 3.00. The highest BCUT2D eigenvalue weighted by Crippen LogP contribution is 2.45. The van der Waals surface area contributed by atoms with Crippen molar-refractivity contribution in [1.82, 2.24) is 0 Å². The molecule has 0 bridgehead atoms. The quantitative estimate of drug-likeness (QED) is 0.571. The molecule has 0 amide bonds. The number of hydrogen-bond donors (Lipinski definition) is 3. The molecule has 18 heavy (non-hydrogen) atoms. The summed E-state index contributed by atoms with van der Waals surface area (Å²) in [5.41, 5.74) is 2.52. The highest BCUT2D eigenvalue weighted by Gasteiger charge is 2.33. The molecule has 1 heterocycles.